The molecule has 0 aromatic rings. The number of ether oxygens (including phenoxy) is 1. The summed E-state index contributed by atoms with van der Waals surface area (Å²) in [5.74, 6) is 0.792. The van der Waals surface area contributed by atoms with Gasteiger partial charge in [0.2, 0.25) is 0 Å². The summed E-state index contributed by atoms with van der Waals surface area (Å²) in [6.45, 7) is 7.70. The number of hydrogen-bond acceptors (Lipinski definition) is 3. The average molecular weight is 210 g/mol. The van der Waals surface area contributed by atoms with Crippen molar-refractivity contribution >= 4 is 0 Å². The molecule has 0 saturated heterocycles. The number of nitrogens with zero attached hydrogens (tertiary/aromatic N) is 1. The van der Waals surface area contributed by atoms with Crippen LogP contribution in [-0.2, 0) is 4.74 Å². The van der Waals surface area contributed by atoms with Crippen LogP contribution in [0.1, 0.15) is 40.0 Å². The minimum atomic E-state index is -0.447. The van der Waals surface area contributed by atoms with Crippen molar-refractivity contribution in [3.63, 3.8) is 0 Å². The molecule has 2 unspecified atom stereocenters. The van der Waals surface area contributed by atoms with E-state index in [1.54, 1.807) is 0 Å². The summed E-state index contributed by atoms with van der Waals surface area (Å²) in [7, 11) is 0. The van der Waals surface area contributed by atoms with Crippen molar-refractivity contribution in [1.29, 1.82) is 5.26 Å². The van der Waals surface area contributed by atoms with Crippen molar-refractivity contribution in [2.75, 3.05) is 13.2 Å². The monoisotopic (exact) mass is 210 g/mol. The van der Waals surface area contributed by atoms with E-state index in [0.29, 0.717) is 0 Å². The van der Waals surface area contributed by atoms with Crippen LogP contribution in [0.15, 0.2) is 0 Å². The van der Waals surface area contributed by atoms with E-state index in [2.05, 4.69) is 18.3 Å². The second kappa shape index (κ2) is 5.48. The zero-order chi connectivity index (χ0) is 11.3. The highest BCUT2D eigenvalue weighted by molar-refractivity contribution is 5.04. The van der Waals surface area contributed by atoms with Gasteiger partial charge >= 0.3 is 0 Å². The predicted molar refractivity (Wildman–Crippen MR) is 60.4 cm³/mol. The van der Waals surface area contributed by atoms with Crippen molar-refractivity contribution in [3.05, 3.63) is 0 Å². The molecule has 0 bridgehead atoms. The lowest BCUT2D eigenvalue weighted by Gasteiger charge is -2.26. The van der Waals surface area contributed by atoms with Gasteiger partial charge in [0.05, 0.1) is 12.2 Å². The topological polar surface area (TPSA) is 45.0 Å². The molecular formula is C12H22N2O. The number of hydrogen-bond donors (Lipinski definition) is 1. The Kier molecular flexibility index (Phi) is 4.56. The molecule has 0 aromatic heterocycles. The Morgan fingerprint density at radius 2 is 2.27 bits per heavy atom. The van der Waals surface area contributed by atoms with E-state index in [-0.39, 0.29) is 6.10 Å². The van der Waals surface area contributed by atoms with Crippen molar-refractivity contribution in [1.82, 2.24) is 5.32 Å². The van der Waals surface area contributed by atoms with Gasteiger partial charge in [0.25, 0.3) is 0 Å². The maximum absolute atomic E-state index is 9.09. The van der Waals surface area contributed by atoms with Crippen LogP contribution in [0, 0.1) is 17.2 Å². The van der Waals surface area contributed by atoms with Gasteiger partial charge in [0, 0.05) is 13.0 Å². The van der Waals surface area contributed by atoms with Crippen LogP contribution in [0.2, 0.25) is 0 Å². The first-order chi connectivity index (χ1) is 7.09. The first-order valence-corrected chi connectivity index (χ1v) is 5.87. The second-order valence-corrected chi connectivity index (χ2v) is 4.77. The Labute approximate surface area is 92.8 Å². The van der Waals surface area contributed by atoms with Gasteiger partial charge < -0.3 is 4.74 Å². The molecule has 0 aromatic carbocycles. The molecule has 15 heavy (non-hydrogen) atoms. The molecule has 3 heteroatoms. The molecule has 1 aliphatic carbocycles. The molecule has 3 nitrogen and oxygen atoms in total. The van der Waals surface area contributed by atoms with Crippen LogP contribution < -0.4 is 5.32 Å². The molecule has 0 heterocycles. The Morgan fingerprint density at radius 1 is 1.60 bits per heavy atom. The predicted octanol–water partition coefficient (Wildman–Crippen LogP) is 2.08. The normalized spacial score (nSPS) is 21.7. The summed E-state index contributed by atoms with van der Waals surface area (Å²) in [4.78, 5) is 0. The van der Waals surface area contributed by atoms with Gasteiger partial charge in [-0.1, -0.05) is 6.92 Å². The zero-order valence-electron chi connectivity index (χ0n) is 10.0. The third kappa shape index (κ3) is 4.63. The van der Waals surface area contributed by atoms with Gasteiger partial charge in [-0.05, 0) is 39.2 Å². The summed E-state index contributed by atoms with van der Waals surface area (Å²) in [6, 6.07) is 2.32. The van der Waals surface area contributed by atoms with Gasteiger partial charge in [0.1, 0.15) is 5.54 Å². The molecule has 1 N–H and O–H groups in total. The molecule has 1 rings (SSSR count). The van der Waals surface area contributed by atoms with Crippen molar-refractivity contribution < 1.29 is 4.74 Å². The largest absolute Gasteiger partial charge is 0.378 e. The maximum Gasteiger partial charge on any atom is 0.106 e. The summed E-state index contributed by atoms with van der Waals surface area (Å²) in [5.41, 5.74) is -0.447. The quantitative estimate of drug-likeness (QED) is 0.699. The van der Waals surface area contributed by atoms with E-state index in [4.69, 9.17) is 10.00 Å². The fourth-order valence-electron chi connectivity index (χ4n) is 1.77. The van der Waals surface area contributed by atoms with Crippen LogP contribution >= 0.6 is 0 Å². The van der Waals surface area contributed by atoms with Crippen molar-refractivity contribution in [2.24, 2.45) is 5.92 Å². The minimum Gasteiger partial charge on any atom is -0.378 e. The Bertz CT molecular complexity index is 232. The SMILES string of the molecule is CCNC(C)(C#N)CC(C)OCC1CC1. The van der Waals surface area contributed by atoms with Crippen LogP contribution in [0.4, 0.5) is 0 Å². The molecular weight excluding hydrogens is 188 g/mol. The van der Waals surface area contributed by atoms with Crippen LogP contribution in [0.5, 0.6) is 0 Å². The lowest BCUT2D eigenvalue weighted by atomic mass is 9.96. The van der Waals surface area contributed by atoms with E-state index in [1.807, 2.05) is 13.8 Å². The fourth-order valence-corrected chi connectivity index (χ4v) is 1.77. The molecule has 0 amide bonds. The third-order valence-electron chi connectivity index (χ3n) is 2.82. The molecule has 1 fully saturated rings. The maximum atomic E-state index is 9.09. The number of rotatable bonds is 7. The van der Waals surface area contributed by atoms with Crippen LogP contribution in [0.25, 0.3) is 0 Å². The molecule has 0 radical (unpaired) electrons. The minimum absolute atomic E-state index is 0.161. The van der Waals surface area contributed by atoms with E-state index in [1.165, 1.54) is 12.8 Å². The van der Waals surface area contributed by atoms with E-state index >= 15 is 0 Å². The molecule has 86 valence electrons. The highest BCUT2D eigenvalue weighted by Gasteiger charge is 2.27. The summed E-state index contributed by atoms with van der Waals surface area (Å²) < 4.78 is 5.72. The van der Waals surface area contributed by atoms with Gasteiger partial charge in [-0.25, -0.2) is 0 Å². The Hall–Kier alpha value is -0.590. The average Bonchev–Trinajstić information content (AvgIpc) is 2.98. The molecule has 1 saturated carbocycles. The molecule has 0 aliphatic heterocycles. The molecule has 1 aliphatic rings. The second-order valence-electron chi connectivity index (χ2n) is 4.77. The summed E-state index contributed by atoms with van der Waals surface area (Å²) in [5, 5.41) is 12.3. The van der Waals surface area contributed by atoms with E-state index < -0.39 is 5.54 Å². The summed E-state index contributed by atoms with van der Waals surface area (Å²) >= 11 is 0. The van der Waals surface area contributed by atoms with Crippen LogP contribution in [-0.4, -0.2) is 24.8 Å². The standard InChI is InChI=1S/C12H22N2O/c1-4-14-12(3,9-13)7-10(2)15-8-11-5-6-11/h10-11,14H,4-8H2,1-3H3. The first-order valence-electron chi connectivity index (χ1n) is 5.87. The number of nitrogens with one attached hydrogen (secondary N) is 1. The Balaban J connectivity index is 2.26. The van der Waals surface area contributed by atoms with Gasteiger partial charge in [-0.3, -0.25) is 5.32 Å². The lowest BCUT2D eigenvalue weighted by molar-refractivity contribution is 0.0410. The smallest absolute Gasteiger partial charge is 0.106 e. The Morgan fingerprint density at radius 3 is 2.73 bits per heavy atom. The zero-order valence-corrected chi connectivity index (χ0v) is 10.0. The highest BCUT2D eigenvalue weighted by atomic mass is 16.5. The molecule has 2 atom stereocenters. The van der Waals surface area contributed by atoms with Gasteiger partial charge in [0.15, 0.2) is 0 Å². The molecule has 0 spiro atoms. The lowest BCUT2D eigenvalue weighted by Crippen LogP contribution is -2.43. The number of nitriles is 1. The van der Waals surface area contributed by atoms with Crippen molar-refractivity contribution in [3.8, 4) is 6.07 Å². The highest BCUT2D eigenvalue weighted by Crippen LogP contribution is 2.29. The van der Waals surface area contributed by atoms with E-state index in [0.717, 1.165) is 25.5 Å². The van der Waals surface area contributed by atoms with Gasteiger partial charge in [-0.2, -0.15) is 5.26 Å². The van der Waals surface area contributed by atoms with E-state index in [9.17, 15) is 0 Å². The van der Waals surface area contributed by atoms with Crippen LogP contribution in [0.3, 0.4) is 0 Å². The summed E-state index contributed by atoms with van der Waals surface area (Å²) in [6.07, 6.45) is 3.55. The van der Waals surface area contributed by atoms with Gasteiger partial charge in [-0.15, -0.1) is 0 Å². The first kappa shape index (κ1) is 12.5. The fraction of sp³-hybridized carbons (Fsp3) is 0.917. The van der Waals surface area contributed by atoms with Crippen molar-refractivity contribution in [2.45, 2.75) is 51.7 Å². The third-order valence-corrected chi connectivity index (χ3v) is 2.82.